The van der Waals surface area contributed by atoms with Crippen LogP contribution in [0, 0.1) is 12.7 Å². The Bertz CT molecular complexity index is 397. The van der Waals surface area contributed by atoms with E-state index in [2.05, 4.69) is 0 Å². The van der Waals surface area contributed by atoms with E-state index in [1.165, 1.54) is 12.1 Å². The van der Waals surface area contributed by atoms with E-state index in [0.29, 0.717) is 0 Å². The number of halogens is 1. The van der Waals surface area contributed by atoms with E-state index in [0.717, 1.165) is 36.8 Å². The first-order valence-corrected chi connectivity index (χ1v) is 6.08. The fourth-order valence-corrected chi connectivity index (χ4v) is 2.79. The molecule has 17 heavy (non-hydrogen) atoms. The van der Waals surface area contributed by atoms with Crippen molar-refractivity contribution in [2.75, 3.05) is 7.11 Å². The van der Waals surface area contributed by atoms with E-state index < -0.39 is 11.7 Å². The van der Waals surface area contributed by atoms with Crippen LogP contribution in [0.15, 0.2) is 18.2 Å². The Morgan fingerprint density at radius 2 is 2.00 bits per heavy atom. The first-order chi connectivity index (χ1) is 8.09. The molecule has 1 aromatic carbocycles. The molecule has 1 unspecified atom stereocenters. The quantitative estimate of drug-likeness (QED) is 0.876. The van der Waals surface area contributed by atoms with E-state index in [1.54, 1.807) is 13.2 Å². The number of aliphatic hydroxyl groups is 1. The number of rotatable bonds is 3. The van der Waals surface area contributed by atoms with Gasteiger partial charge in [-0.3, -0.25) is 0 Å². The molecule has 0 radical (unpaired) electrons. The van der Waals surface area contributed by atoms with Gasteiger partial charge in [-0.15, -0.1) is 0 Å². The van der Waals surface area contributed by atoms with Crippen LogP contribution in [0.25, 0.3) is 0 Å². The van der Waals surface area contributed by atoms with Crippen molar-refractivity contribution >= 4 is 0 Å². The summed E-state index contributed by atoms with van der Waals surface area (Å²) in [5.41, 5.74) is 1.07. The Morgan fingerprint density at radius 1 is 1.35 bits per heavy atom. The van der Waals surface area contributed by atoms with E-state index in [1.807, 2.05) is 6.92 Å². The molecule has 1 aliphatic rings. The van der Waals surface area contributed by atoms with Gasteiger partial charge in [0, 0.05) is 7.11 Å². The lowest BCUT2D eigenvalue weighted by Crippen LogP contribution is -2.35. The summed E-state index contributed by atoms with van der Waals surface area (Å²) in [7, 11) is 1.65. The van der Waals surface area contributed by atoms with E-state index >= 15 is 0 Å². The molecule has 0 amide bonds. The molecule has 2 nitrogen and oxygen atoms in total. The van der Waals surface area contributed by atoms with Crippen molar-refractivity contribution in [3.63, 3.8) is 0 Å². The normalized spacial score (nSPS) is 20.5. The smallest absolute Gasteiger partial charge is 0.123 e. The van der Waals surface area contributed by atoms with E-state index in [9.17, 15) is 9.50 Å². The molecule has 1 fully saturated rings. The fraction of sp³-hybridized carbons (Fsp3) is 0.571. The molecule has 3 heteroatoms. The maximum atomic E-state index is 13.1. The van der Waals surface area contributed by atoms with Gasteiger partial charge in [0.25, 0.3) is 0 Å². The number of hydrogen-bond donors (Lipinski definition) is 1. The molecule has 1 saturated carbocycles. The highest BCUT2D eigenvalue weighted by molar-refractivity contribution is 5.30. The third-order valence-corrected chi connectivity index (χ3v) is 3.88. The van der Waals surface area contributed by atoms with Crippen molar-refractivity contribution < 1.29 is 14.2 Å². The molecule has 0 aliphatic heterocycles. The van der Waals surface area contributed by atoms with Crippen molar-refractivity contribution in [2.24, 2.45) is 0 Å². The van der Waals surface area contributed by atoms with Gasteiger partial charge in [0.15, 0.2) is 0 Å². The zero-order valence-electron chi connectivity index (χ0n) is 10.4. The molecule has 1 atom stereocenters. The van der Waals surface area contributed by atoms with Crippen LogP contribution in [-0.4, -0.2) is 17.8 Å². The Balaban J connectivity index is 2.32. The van der Waals surface area contributed by atoms with E-state index in [4.69, 9.17) is 4.74 Å². The Labute approximate surface area is 101 Å². The third-order valence-electron chi connectivity index (χ3n) is 3.88. The summed E-state index contributed by atoms with van der Waals surface area (Å²) in [6, 6.07) is 4.51. The summed E-state index contributed by atoms with van der Waals surface area (Å²) in [5.74, 6) is -0.267. The van der Waals surface area contributed by atoms with Crippen molar-refractivity contribution in [3.05, 3.63) is 35.1 Å². The monoisotopic (exact) mass is 238 g/mol. The van der Waals surface area contributed by atoms with Gasteiger partial charge in [0.1, 0.15) is 11.9 Å². The number of hydrogen-bond acceptors (Lipinski definition) is 2. The van der Waals surface area contributed by atoms with Crippen molar-refractivity contribution in [3.8, 4) is 0 Å². The number of ether oxygens (including phenoxy) is 1. The second-order valence-electron chi connectivity index (χ2n) is 4.88. The van der Waals surface area contributed by atoms with Gasteiger partial charge in [-0.2, -0.15) is 0 Å². The predicted molar refractivity (Wildman–Crippen MR) is 64.3 cm³/mol. The number of aryl methyl sites for hydroxylation is 1. The molecular formula is C14H19FO2. The van der Waals surface area contributed by atoms with Crippen LogP contribution in [0.2, 0.25) is 0 Å². The molecule has 1 aromatic rings. The van der Waals surface area contributed by atoms with Gasteiger partial charge in [-0.05, 0) is 43.0 Å². The second kappa shape index (κ2) is 4.75. The van der Waals surface area contributed by atoms with Gasteiger partial charge in [0.2, 0.25) is 0 Å². The van der Waals surface area contributed by atoms with Crippen molar-refractivity contribution in [1.29, 1.82) is 0 Å². The van der Waals surface area contributed by atoms with Crippen LogP contribution in [0.5, 0.6) is 0 Å². The van der Waals surface area contributed by atoms with Gasteiger partial charge in [-0.1, -0.05) is 18.9 Å². The fourth-order valence-electron chi connectivity index (χ4n) is 2.79. The summed E-state index contributed by atoms with van der Waals surface area (Å²) in [6.07, 6.45) is 3.20. The predicted octanol–water partition coefficient (Wildman–Crippen LogP) is 3.13. The standard InChI is InChI=1S/C14H19FO2/c1-10-9-11(15)5-6-12(10)13(16)14(17-2)7-3-4-8-14/h5-6,9,13,16H,3-4,7-8H2,1-2H3. The molecule has 94 valence electrons. The topological polar surface area (TPSA) is 29.5 Å². The number of methoxy groups -OCH3 is 1. The Kier molecular flexibility index (Phi) is 3.50. The highest BCUT2D eigenvalue weighted by atomic mass is 19.1. The molecule has 0 heterocycles. The van der Waals surface area contributed by atoms with Crippen LogP contribution in [0.3, 0.4) is 0 Å². The van der Waals surface area contributed by atoms with Crippen LogP contribution in [0.1, 0.15) is 42.9 Å². The van der Waals surface area contributed by atoms with Crippen LogP contribution in [-0.2, 0) is 4.74 Å². The molecule has 2 rings (SSSR count). The highest BCUT2D eigenvalue weighted by Crippen LogP contribution is 2.43. The minimum Gasteiger partial charge on any atom is -0.385 e. The van der Waals surface area contributed by atoms with Crippen molar-refractivity contribution in [1.82, 2.24) is 0 Å². The molecule has 0 bridgehead atoms. The van der Waals surface area contributed by atoms with Crippen LogP contribution in [0.4, 0.5) is 4.39 Å². The SMILES string of the molecule is COC1(C(O)c2ccc(F)cc2C)CCCC1. The Morgan fingerprint density at radius 3 is 2.53 bits per heavy atom. The van der Waals surface area contributed by atoms with Crippen LogP contribution < -0.4 is 0 Å². The first-order valence-electron chi connectivity index (χ1n) is 6.08. The van der Waals surface area contributed by atoms with Gasteiger partial charge < -0.3 is 9.84 Å². The zero-order valence-corrected chi connectivity index (χ0v) is 10.4. The molecule has 1 N–H and O–H groups in total. The van der Waals surface area contributed by atoms with E-state index in [-0.39, 0.29) is 5.82 Å². The average molecular weight is 238 g/mol. The third kappa shape index (κ3) is 2.22. The number of benzene rings is 1. The summed E-state index contributed by atoms with van der Waals surface area (Å²) in [6.45, 7) is 1.82. The molecular weight excluding hydrogens is 219 g/mol. The maximum absolute atomic E-state index is 13.1. The van der Waals surface area contributed by atoms with Gasteiger partial charge in [0.05, 0.1) is 5.60 Å². The molecule has 1 aliphatic carbocycles. The number of aliphatic hydroxyl groups excluding tert-OH is 1. The lowest BCUT2D eigenvalue weighted by atomic mass is 9.87. The average Bonchev–Trinajstić information content (AvgIpc) is 2.78. The minimum absolute atomic E-state index is 0.267. The zero-order chi connectivity index (χ0) is 12.5. The lowest BCUT2D eigenvalue weighted by Gasteiger charge is -2.33. The summed E-state index contributed by atoms with van der Waals surface area (Å²) >= 11 is 0. The van der Waals surface area contributed by atoms with Crippen LogP contribution >= 0.6 is 0 Å². The maximum Gasteiger partial charge on any atom is 0.123 e. The largest absolute Gasteiger partial charge is 0.385 e. The Hall–Kier alpha value is -0.930. The van der Waals surface area contributed by atoms with Gasteiger partial charge >= 0.3 is 0 Å². The molecule has 0 aromatic heterocycles. The molecule has 0 saturated heterocycles. The van der Waals surface area contributed by atoms with Crippen molar-refractivity contribution in [2.45, 2.75) is 44.3 Å². The highest BCUT2D eigenvalue weighted by Gasteiger charge is 2.42. The first kappa shape index (κ1) is 12.5. The minimum atomic E-state index is -0.671. The molecule has 0 spiro atoms. The summed E-state index contributed by atoms with van der Waals surface area (Å²) in [5, 5.41) is 10.5. The summed E-state index contributed by atoms with van der Waals surface area (Å²) < 4.78 is 18.6. The summed E-state index contributed by atoms with van der Waals surface area (Å²) in [4.78, 5) is 0. The second-order valence-corrected chi connectivity index (χ2v) is 4.88. The lowest BCUT2D eigenvalue weighted by molar-refractivity contribution is -0.100. The van der Waals surface area contributed by atoms with Gasteiger partial charge in [-0.25, -0.2) is 4.39 Å².